The number of rotatable bonds is 2. The van der Waals surface area contributed by atoms with Crippen molar-refractivity contribution < 1.29 is 5.11 Å². The molecule has 2 unspecified atom stereocenters. The van der Waals surface area contributed by atoms with Crippen LogP contribution in [0.4, 0.5) is 5.69 Å². The second-order valence-corrected chi connectivity index (χ2v) is 7.41. The van der Waals surface area contributed by atoms with Crippen molar-refractivity contribution in [3.63, 3.8) is 0 Å². The fourth-order valence-electron chi connectivity index (χ4n) is 3.97. The molecule has 0 spiro atoms. The van der Waals surface area contributed by atoms with E-state index in [9.17, 15) is 5.11 Å². The van der Waals surface area contributed by atoms with Crippen LogP contribution in [0.1, 0.15) is 44.2 Å². The highest BCUT2D eigenvalue weighted by atomic mass is 16.3. The van der Waals surface area contributed by atoms with Gasteiger partial charge in [-0.3, -0.25) is 0 Å². The zero-order chi connectivity index (χ0) is 14.3. The predicted octanol–water partition coefficient (Wildman–Crippen LogP) is 3.54. The Bertz CT molecular complexity index is 494. The van der Waals surface area contributed by atoms with E-state index in [2.05, 4.69) is 43.9 Å². The van der Waals surface area contributed by atoms with Crippen molar-refractivity contribution in [2.75, 3.05) is 18.0 Å². The third kappa shape index (κ3) is 2.46. The van der Waals surface area contributed by atoms with Crippen LogP contribution in [0.3, 0.4) is 0 Å². The molecule has 110 valence electrons. The third-order valence-electron chi connectivity index (χ3n) is 5.31. The largest absolute Gasteiger partial charge is 0.392 e. The first-order valence-corrected chi connectivity index (χ1v) is 8.00. The second-order valence-electron chi connectivity index (χ2n) is 7.41. The fourth-order valence-corrected chi connectivity index (χ4v) is 3.97. The lowest BCUT2D eigenvalue weighted by molar-refractivity contribution is 0.0480. The van der Waals surface area contributed by atoms with Crippen molar-refractivity contribution in [2.24, 2.45) is 11.3 Å². The zero-order valence-corrected chi connectivity index (χ0v) is 13.0. The molecular weight excluding hydrogens is 246 g/mol. The van der Waals surface area contributed by atoms with Gasteiger partial charge in [-0.15, -0.1) is 0 Å². The van der Waals surface area contributed by atoms with E-state index in [1.54, 1.807) is 0 Å². The number of anilines is 1. The number of nitrogens with zero attached hydrogens (tertiary/aromatic N) is 1. The highest BCUT2D eigenvalue weighted by molar-refractivity contribution is 5.56. The van der Waals surface area contributed by atoms with Gasteiger partial charge in [0.2, 0.25) is 0 Å². The minimum absolute atomic E-state index is 0.0938. The number of hydrogen-bond donors (Lipinski definition) is 1. The van der Waals surface area contributed by atoms with E-state index < -0.39 is 0 Å². The van der Waals surface area contributed by atoms with Gasteiger partial charge in [0.25, 0.3) is 0 Å². The molecule has 1 aromatic rings. The van der Waals surface area contributed by atoms with E-state index >= 15 is 0 Å². The van der Waals surface area contributed by atoms with Crippen LogP contribution in [0.25, 0.3) is 0 Å². The van der Waals surface area contributed by atoms with Crippen molar-refractivity contribution in [2.45, 2.75) is 52.6 Å². The number of aliphatic hydroxyl groups is 1. The van der Waals surface area contributed by atoms with Gasteiger partial charge in [0.1, 0.15) is 0 Å². The molecule has 1 N–H and O–H groups in total. The number of aryl methyl sites for hydroxylation is 2. The molecule has 0 amide bonds. The second kappa shape index (κ2) is 5.07. The number of aliphatic hydroxyl groups excluding tert-OH is 1. The molecule has 0 aromatic heterocycles. The summed E-state index contributed by atoms with van der Waals surface area (Å²) in [5.74, 6) is 0.428. The van der Waals surface area contributed by atoms with Crippen molar-refractivity contribution in [1.82, 2.24) is 0 Å². The van der Waals surface area contributed by atoms with E-state index in [4.69, 9.17) is 0 Å². The van der Waals surface area contributed by atoms with E-state index in [1.165, 1.54) is 29.7 Å². The molecule has 1 aliphatic heterocycles. The molecule has 0 saturated heterocycles. The summed E-state index contributed by atoms with van der Waals surface area (Å²) in [6.07, 6.45) is 4.59. The highest BCUT2D eigenvalue weighted by Crippen LogP contribution is 2.42. The van der Waals surface area contributed by atoms with Gasteiger partial charge in [-0.1, -0.05) is 31.5 Å². The maximum atomic E-state index is 10.5. The minimum Gasteiger partial charge on any atom is -0.392 e. The monoisotopic (exact) mass is 273 g/mol. The highest BCUT2D eigenvalue weighted by Gasteiger charge is 2.41. The molecule has 1 heterocycles. The molecule has 2 nitrogen and oxygen atoms in total. The van der Waals surface area contributed by atoms with Gasteiger partial charge in [0, 0.05) is 24.7 Å². The Balaban J connectivity index is 1.77. The Kier molecular flexibility index (Phi) is 3.53. The van der Waals surface area contributed by atoms with Crippen LogP contribution < -0.4 is 4.90 Å². The van der Waals surface area contributed by atoms with E-state index in [1.807, 2.05) is 0 Å². The number of benzene rings is 1. The summed E-state index contributed by atoms with van der Waals surface area (Å²) in [7, 11) is 0. The minimum atomic E-state index is -0.154. The molecule has 2 heteroatoms. The summed E-state index contributed by atoms with van der Waals surface area (Å²) >= 11 is 0. The van der Waals surface area contributed by atoms with Gasteiger partial charge >= 0.3 is 0 Å². The zero-order valence-electron chi connectivity index (χ0n) is 13.0. The lowest BCUT2D eigenvalue weighted by Gasteiger charge is -2.35. The molecule has 1 saturated carbocycles. The molecule has 2 aliphatic rings. The lowest BCUT2D eigenvalue weighted by Crippen LogP contribution is -2.39. The summed E-state index contributed by atoms with van der Waals surface area (Å²) in [5, 5.41) is 10.5. The smallest absolute Gasteiger partial charge is 0.0636 e. The normalized spacial score (nSPS) is 28.5. The van der Waals surface area contributed by atoms with Crippen LogP contribution in [-0.2, 0) is 6.42 Å². The van der Waals surface area contributed by atoms with Gasteiger partial charge in [0.15, 0.2) is 0 Å². The molecule has 1 aromatic carbocycles. The molecule has 0 bridgehead atoms. The molecular formula is C18H27NO. The average Bonchev–Trinajstić information content (AvgIpc) is 2.66. The molecule has 3 rings (SSSR count). The summed E-state index contributed by atoms with van der Waals surface area (Å²) in [4.78, 5) is 2.51. The Labute approximate surface area is 122 Å². The summed E-state index contributed by atoms with van der Waals surface area (Å²) in [6.45, 7) is 8.72. The number of fused-ring (bicyclic) bond motifs is 1. The van der Waals surface area contributed by atoms with E-state index in [-0.39, 0.29) is 11.5 Å². The van der Waals surface area contributed by atoms with Crippen molar-refractivity contribution in [3.8, 4) is 0 Å². The van der Waals surface area contributed by atoms with Crippen LogP contribution in [0, 0.1) is 18.3 Å². The summed E-state index contributed by atoms with van der Waals surface area (Å²) in [5.41, 5.74) is 4.34. The lowest BCUT2D eigenvalue weighted by atomic mass is 9.87. The van der Waals surface area contributed by atoms with Gasteiger partial charge in [0.05, 0.1) is 6.10 Å². The van der Waals surface area contributed by atoms with E-state index in [0.717, 1.165) is 25.9 Å². The maximum Gasteiger partial charge on any atom is 0.0636 e. The SMILES string of the molecule is Cc1ccc2c(c1)CCCN2CC1CCC(C)(C)C1O. The fraction of sp³-hybridized carbons (Fsp3) is 0.667. The molecule has 1 aliphatic carbocycles. The maximum absolute atomic E-state index is 10.5. The van der Waals surface area contributed by atoms with Crippen LogP contribution in [0.5, 0.6) is 0 Å². The van der Waals surface area contributed by atoms with Gasteiger partial charge in [-0.05, 0) is 49.7 Å². The number of hydrogen-bond acceptors (Lipinski definition) is 2. The Morgan fingerprint density at radius 3 is 2.85 bits per heavy atom. The quantitative estimate of drug-likeness (QED) is 0.891. The Morgan fingerprint density at radius 2 is 2.15 bits per heavy atom. The molecule has 0 radical (unpaired) electrons. The van der Waals surface area contributed by atoms with Crippen LogP contribution in [-0.4, -0.2) is 24.3 Å². The van der Waals surface area contributed by atoms with Crippen molar-refractivity contribution in [1.29, 1.82) is 0 Å². The van der Waals surface area contributed by atoms with Gasteiger partial charge in [-0.25, -0.2) is 0 Å². The van der Waals surface area contributed by atoms with Crippen LogP contribution in [0.15, 0.2) is 18.2 Å². The average molecular weight is 273 g/mol. The Hall–Kier alpha value is -1.02. The third-order valence-corrected chi connectivity index (χ3v) is 5.31. The first-order valence-electron chi connectivity index (χ1n) is 8.00. The van der Waals surface area contributed by atoms with E-state index in [0.29, 0.717) is 5.92 Å². The molecule has 2 atom stereocenters. The van der Waals surface area contributed by atoms with Crippen molar-refractivity contribution >= 4 is 5.69 Å². The topological polar surface area (TPSA) is 23.5 Å². The Morgan fingerprint density at radius 1 is 1.35 bits per heavy atom. The summed E-state index contributed by atoms with van der Waals surface area (Å²) < 4.78 is 0. The predicted molar refractivity (Wildman–Crippen MR) is 84.2 cm³/mol. The molecule has 20 heavy (non-hydrogen) atoms. The summed E-state index contributed by atoms with van der Waals surface area (Å²) in [6, 6.07) is 6.82. The van der Waals surface area contributed by atoms with Crippen LogP contribution in [0.2, 0.25) is 0 Å². The first kappa shape index (κ1) is 13.9. The van der Waals surface area contributed by atoms with Gasteiger partial charge in [-0.2, -0.15) is 0 Å². The van der Waals surface area contributed by atoms with Crippen molar-refractivity contribution in [3.05, 3.63) is 29.3 Å². The van der Waals surface area contributed by atoms with Crippen LogP contribution >= 0.6 is 0 Å². The molecule has 1 fully saturated rings. The first-order chi connectivity index (χ1) is 9.47. The standard InChI is InChI=1S/C18H27NO/c1-13-6-7-16-14(11-13)5-4-10-19(16)12-15-8-9-18(2,3)17(15)20/h6-7,11,15,17,20H,4-5,8-10,12H2,1-3H3. The van der Waals surface area contributed by atoms with Gasteiger partial charge < -0.3 is 10.0 Å².